The van der Waals surface area contributed by atoms with Crippen LogP contribution < -0.4 is 9.46 Å². The average Bonchev–Trinajstić information content (AvgIpc) is 3.53. The summed E-state index contributed by atoms with van der Waals surface area (Å²) in [5, 5.41) is 5.63. The van der Waals surface area contributed by atoms with Gasteiger partial charge in [-0.2, -0.15) is 5.10 Å². The molecule has 0 bridgehead atoms. The van der Waals surface area contributed by atoms with Crippen molar-refractivity contribution < 1.29 is 26.9 Å². The van der Waals surface area contributed by atoms with Crippen molar-refractivity contribution in [2.45, 2.75) is 129 Å². The molecular formula is C41H64FN5O5SSi2. The van der Waals surface area contributed by atoms with Crippen molar-refractivity contribution >= 4 is 38.5 Å². The van der Waals surface area contributed by atoms with Gasteiger partial charge in [-0.1, -0.05) is 53.7 Å². The molecule has 0 saturated heterocycles. The molecule has 0 radical (unpaired) electrons. The van der Waals surface area contributed by atoms with Crippen LogP contribution in [-0.4, -0.2) is 78.4 Å². The number of benzene rings is 1. The van der Waals surface area contributed by atoms with E-state index in [0.717, 1.165) is 22.2 Å². The quantitative estimate of drug-likeness (QED) is 0.0829. The van der Waals surface area contributed by atoms with Crippen molar-refractivity contribution in [1.29, 1.82) is 0 Å². The van der Waals surface area contributed by atoms with Gasteiger partial charge in [0.2, 0.25) is 0 Å². The first-order valence-corrected chi connectivity index (χ1v) is 26.1. The van der Waals surface area contributed by atoms with Crippen molar-refractivity contribution in [2.24, 2.45) is 0 Å². The largest absolute Gasteiger partial charge is 0.490 e. The maximum Gasteiger partial charge on any atom is 0.192 e. The van der Waals surface area contributed by atoms with E-state index in [2.05, 4.69) is 72.5 Å². The molecular weight excluding hydrogens is 750 g/mol. The maximum absolute atomic E-state index is 16.4. The van der Waals surface area contributed by atoms with Crippen LogP contribution in [0.3, 0.4) is 0 Å². The molecule has 10 nitrogen and oxygen atoms in total. The first-order chi connectivity index (χ1) is 25.4. The number of alkyl halides is 1. The van der Waals surface area contributed by atoms with Gasteiger partial charge >= 0.3 is 0 Å². The first-order valence-electron chi connectivity index (χ1n) is 19.1. The molecule has 1 N–H and O–H groups in total. The lowest BCUT2D eigenvalue weighted by Gasteiger charge is -2.36. The standard InChI is InChI=1S/C41H64FN5O5SSi2/c1-39(2,3)53(48)46-38(32(42)21-22-51-54(11,12)40(4,5)6)34-19-16-18-33(45-34)29-25-35-31(36(26-29)50-24-23-49-10)27-43-47(35)37-20-15-17-30(44-37)28-52-55(13,14)41(7,8)9/h15-20,25-27,32,38,46H,21-24,28H2,1-14H3/t32?,38-,53?/m1/s1. The highest BCUT2D eigenvalue weighted by atomic mass is 32.2. The fourth-order valence-corrected chi connectivity index (χ4v) is 7.98. The van der Waals surface area contributed by atoms with Crippen LogP contribution in [0.4, 0.5) is 4.39 Å². The van der Waals surface area contributed by atoms with Gasteiger partial charge in [-0.3, -0.25) is 4.98 Å². The Kier molecular flexibility index (Phi) is 14.5. The predicted octanol–water partition coefficient (Wildman–Crippen LogP) is 9.87. The number of halogens is 1. The Morgan fingerprint density at radius 1 is 0.855 bits per heavy atom. The first kappa shape index (κ1) is 44.9. The summed E-state index contributed by atoms with van der Waals surface area (Å²) in [5.41, 5.74) is 3.37. The molecule has 0 aliphatic carbocycles. The zero-order valence-electron chi connectivity index (χ0n) is 35.5. The molecule has 0 spiro atoms. The average molecular weight is 814 g/mol. The van der Waals surface area contributed by atoms with Crippen LogP contribution >= 0.6 is 0 Å². The van der Waals surface area contributed by atoms with Crippen LogP contribution in [0.5, 0.6) is 5.75 Å². The molecule has 4 rings (SSSR count). The Bertz CT molecular complexity index is 1920. The minimum absolute atomic E-state index is 0.000647. The zero-order chi connectivity index (χ0) is 41.0. The van der Waals surface area contributed by atoms with Gasteiger partial charge in [-0.25, -0.2) is 23.0 Å². The molecule has 0 saturated carbocycles. The topological polar surface area (TPSA) is 110 Å². The van der Waals surface area contributed by atoms with Gasteiger partial charge in [0.25, 0.3) is 0 Å². The smallest absolute Gasteiger partial charge is 0.192 e. The normalized spacial score (nSPS) is 15.0. The Hall–Kier alpha value is -2.86. The number of aromatic nitrogens is 4. The molecule has 2 unspecified atom stereocenters. The van der Waals surface area contributed by atoms with E-state index in [1.807, 2.05) is 63.2 Å². The lowest BCUT2D eigenvalue weighted by atomic mass is 10.0. The van der Waals surface area contributed by atoms with Gasteiger partial charge < -0.3 is 18.3 Å². The number of hydrogen-bond donors (Lipinski definition) is 1. The van der Waals surface area contributed by atoms with Gasteiger partial charge in [0.15, 0.2) is 22.5 Å². The minimum atomic E-state index is -2.09. The van der Waals surface area contributed by atoms with E-state index in [-0.39, 0.29) is 23.1 Å². The molecule has 14 heteroatoms. The Morgan fingerprint density at radius 2 is 1.51 bits per heavy atom. The van der Waals surface area contributed by atoms with Crippen LogP contribution in [0, 0.1) is 0 Å². The van der Waals surface area contributed by atoms with Gasteiger partial charge in [0.05, 0.1) is 69.2 Å². The number of fused-ring (bicyclic) bond motifs is 1. The lowest BCUT2D eigenvalue weighted by Crippen LogP contribution is -2.42. The molecule has 0 amide bonds. The van der Waals surface area contributed by atoms with Crippen LogP contribution in [0.2, 0.25) is 36.3 Å². The molecule has 0 aliphatic heterocycles. The van der Waals surface area contributed by atoms with E-state index in [1.165, 1.54) is 0 Å². The van der Waals surface area contributed by atoms with Gasteiger partial charge in [-0.05, 0) is 93.4 Å². The monoisotopic (exact) mass is 813 g/mol. The molecule has 304 valence electrons. The molecule has 4 aromatic rings. The third kappa shape index (κ3) is 11.4. The molecule has 55 heavy (non-hydrogen) atoms. The summed E-state index contributed by atoms with van der Waals surface area (Å²) in [7, 11) is -4.00. The Balaban J connectivity index is 1.75. The van der Waals surface area contributed by atoms with E-state index in [4.69, 9.17) is 33.4 Å². The van der Waals surface area contributed by atoms with E-state index in [9.17, 15) is 4.21 Å². The van der Waals surface area contributed by atoms with E-state index in [1.54, 1.807) is 24.1 Å². The van der Waals surface area contributed by atoms with Crippen LogP contribution in [0.15, 0.2) is 54.7 Å². The second kappa shape index (κ2) is 17.7. The van der Waals surface area contributed by atoms with Crippen molar-refractivity contribution in [3.05, 3.63) is 66.1 Å². The van der Waals surface area contributed by atoms with Crippen molar-refractivity contribution in [2.75, 3.05) is 26.9 Å². The zero-order valence-corrected chi connectivity index (χ0v) is 38.3. The van der Waals surface area contributed by atoms with Crippen molar-refractivity contribution in [3.63, 3.8) is 0 Å². The summed E-state index contributed by atoms with van der Waals surface area (Å²) in [6, 6.07) is 14.3. The summed E-state index contributed by atoms with van der Waals surface area (Å²) in [6.07, 6.45) is 0.495. The summed E-state index contributed by atoms with van der Waals surface area (Å²) < 4.78 is 58.4. The third-order valence-electron chi connectivity index (χ3n) is 10.8. The number of rotatable bonds is 17. The van der Waals surface area contributed by atoms with Gasteiger partial charge in [0.1, 0.15) is 18.5 Å². The molecule has 3 aromatic heterocycles. The number of ether oxygens (including phenoxy) is 2. The van der Waals surface area contributed by atoms with E-state index in [0.29, 0.717) is 42.8 Å². The summed E-state index contributed by atoms with van der Waals surface area (Å²) in [5.74, 6) is 1.25. The summed E-state index contributed by atoms with van der Waals surface area (Å²) in [4.78, 5) is 9.95. The number of nitrogens with one attached hydrogen (secondary N) is 1. The SMILES string of the molecule is COCCOc1cc(-c2cccc([C@H](NS(=O)C(C)(C)C)C(F)CCO[Si](C)(C)C(C)(C)C)n2)cc2c1cnn2-c1cccc(CO[Si](C)(C)C(C)(C)C)n1. The van der Waals surface area contributed by atoms with E-state index < -0.39 is 44.6 Å². The number of methoxy groups -OCH3 is 1. The van der Waals surface area contributed by atoms with Crippen molar-refractivity contribution in [3.8, 4) is 22.8 Å². The lowest BCUT2D eigenvalue weighted by molar-refractivity contribution is 0.147. The fraction of sp³-hybridized carbons (Fsp3) is 0.585. The Labute approximate surface area is 333 Å². The molecule has 1 aromatic carbocycles. The van der Waals surface area contributed by atoms with Gasteiger partial charge in [0, 0.05) is 25.7 Å². The van der Waals surface area contributed by atoms with Crippen molar-refractivity contribution in [1.82, 2.24) is 24.5 Å². The molecule has 0 aliphatic rings. The second-order valence-electron chi connectivity index (χ2n) is 18.2. The maximum atomic E-state index is 16.4. The van der Waals surface area contributed by atoms with Gasteiger partial charge in [-0.15, -0.1) is 0 Å². The fourth-order valence-electron chi connectivity index (χ4n) is 5.12. The minimum Gasteiger partial charge on any atom is -0.490 e. The Morgan fingerprint density at radius 3 is 2.15 bits per heavy atom. The predicted molar refractivity (Wildman–Crippen MR) is 228 cm³/mol. The second-order valence-corrected chi connectivity index (χ2v) is 29.8. The molecule has 3 atom stereocenters. The summed E-state index contributed by atoms with van der Waals surface area (Å²) >= 11 is 0. The van der Waals surface area contributed by atoms with Crippen LogP contribution in [-0.2, 0) is 31.2 Å². The highest BCUT2D eigenvalue weighted by Crippen LogP contribution is 2.39. The van der Waals surface area contributed by atoms with E-state index >= 15 is 4.39 Å². The number of nitrogens with zero attached hydrogens (tertiary/aromatic N) is 4. The highest BCUT2D eigenvalue weighted by molar-refractivity contribution is 7.84. The third-order valence-corrected chi connectivity index (χ3v) is 21.4. The molecule has 3 heterocycles. The number of hydrogen-bond acceptors (Lipinski definition) is 8. The van der Waals surface area contributed by atoms with Crippen LogP contribution in [0.25, 0.3) is 28.0 Å². The number of pyridine rings is 2. The highest BCUT2D eigenvalue weighted by Gasteiger charge is 2.38. The molecule has 0 fully saturated rings. The summed E-state index contributed by atoms with van der Waals surface area (Å²) in [6.45, 7) is 28.9. The van der Waals surface area contributed by atoms with Crippen LogP contribution in [0.1, 0.15) is 86.2 Å².